The number of ketones is 1. The van der Waals surface area contributed by atoms with Crippen LogP contribution in [0.5, 0.6) is 0 Å². The largest absolute Gasteiger partial charge is 0.390 e. The number of fused-ring (bicyclic) bond motifs is 5. The summed E-state index contributed by atoms with van der Waals surface area (Å²) in [5.74, 6) is 3.81. The Kier molecular flexibility index (Phi) is 6.07. The first-order chi connectivity index (χ1) is 14.7. The highest BCUT2D eigenvalue weighted by atomic mass is 16.3. The second-order valence-corrected chi connectivity index (χ2v) is 13.7. The van der Waals surface area contributed by atoms with Crippen molar-refractivity contribution in [3.8, 4) is 0 Å². The van der Waals surface area contributed by atoms with Gasteiger partial charge in [0.1, 0.15) is 5.78 Å². The van der Waals surface area contributed by atoms with E-state index in [0.29, 0.717) is 40.8 Å². The Balaban J connectivity index is 1.50. The molecule has 3 nitrogen and oxygen atoms in total. The van der Waals surface area contributed by atoms with Gasteiger partial charge in [0.15, 0.2) is 0 Å². The van der Waals surface area contributed by atoms with Gasteiger partial charge in [-0.05, 0) is 112 Å². The predicted octanol–water partition coefficient (Wildman–Crippen LogP) is 6.32. The molecule has 4 aliphatic carbocycles. The van der Waals surface area contributed by atoms with Crippen molar-refractivity contribution < 1.29 is 15.0 Å². The lowest BCUT2D eigenvalue weighted by atomic mass is 9.40. The highest BCUT2D eigenvalue weighted by molar-refractivity contribution is 5.85. The Morgan fingerprint density at radius 3 is 2.25 bits per heavy atom. The molecule has 3 heteroatoms. The average Bonchev–Trinajstić information content (AvgIpc) is 3.06. The zero-order valence-corrected chi connectivity index (χ0v) is 21.5. The van der Waals surface area contributed by atoms with E-state index in [-0.39, 0.29) is 5.41 Å². The molecule has 2 N–H and O–H groups in total. The molecular weight excluding hydrogens is 396 g/mol. The fraction of sp³-hybridized carbons (Fsp3) is 0.897. The third-order valence-corrected chi connectivity index (χ3v) is 11.4. The number of hydrogen-bond acceptors (Lipinski definition) is 3. The predicted molar refractivity (Wildman–Crippen MR) is 130 cm³/mol. The van der Waals surface area contributed by atoms with Gasteiger partial charge in [0, 0.05) is 11.8 Å². The Bertz CT molecular complexity index is 761. The van der Waals surface area contributed by atoms with E-state index in [4.69, 9.17) is 0 Å². The van der Waals surface area contributed by atoms with Crippen molar-refractivity contribution in [3.63, 3.8) is 0 Å². The van der Waals surface area contributed by atoms with Crippen LogP contribution in [0, 0.1) is 45.8 Å². The molecule has 0 aromatic rings. The van der Waals surface area contributed by atoms with Crippen molar-refractivity contribution in [2.45, 2.75) is 117 Å². The van der Waals surface area contributed by atoms with E-state index in [1.165, 1.54) is 44.1 Å². The normalized spacial score (nSPS) is 44.4. The van der Waals surface area contributed by atoms with Crippen LogP contribution >= 0.6 is 0 Å². The molecule has 0 bridgehead atoms. The summed E-state index contributed by atoms with van der Waals surface area (Å²) in [5.41, 5.74) is 0.769. The van der Waals surface area contributed by atoms with E-state index in [1.54, 1.807) is 13.8 Å². The summed E-state index contributed by atoms with van der Waals surface area (Å²) < 4.78 is 0. The Morgan fingerprint density at radius 2 is 1.59 bits per heavy atom. The Labute approximate surface area is 196 Å². The Hall–Kier alpha value is -0.670. The molecule has 4 saturated carbocycles. The molecule has 4 fully saturated rings. The number of hydrogen-bond donors (Lipinski definition) is 2. The van der Waals surface area contributed by atoms with Crippen LogP contribution in [0.1, 0.15) is 106 Å². The maximum atomic E-state index is 12.8. The second kappa shape index (κ2) is 7.94. The van der Waals surface area contributed by atoms with Crippen LogP contribution in [-0.2, 0) is 4.79 Å². The van der Waals surface area contributed by atoms with Gasteiger partial charge < -0.3 is 10.2 Å². The van der Waals surface area contributed by atoms with Gasteiger partial charge in [-0.25, -0.2) is 0 Å². The van der Waals surface area contributed by atoms with Gasteiger partial charge in [0.2, 0.25) is 0 Å². The monoisotopic (exact) mass is 444 g/mol. The lowest BCUT2D eigenvalue weighted by Gasteiger charge is -2.64. The minimum absolute atomic E-state index is 0.163. The summed E-state index contributed by atoms with van der Waals surface area (Å²) in [6.45, 7) is 17.4. The van der Waals surface area contributed by atoms with E-state index < -0.39 is 11.7 Å². The molecule has 0 radical (unpaired) electrons. The van der Waals surface area contributed by atoms with Crippen LogP contribution in [-0.4, -0.2) is 27.7 Å². The number of rotatable bonds is 5. The minimum atomic E-state index is -1.05. The minimum Gasteiger partial charge on any atom is -0.390 e. The third kappa shape index (κ3) is 3.65. The summed E-state index contributed by atoms with van der Waals surface area (Å²) >= 11 is 0. The number of aliphatic hydroxyl groups is 2. The number of carbonyl (C=O) groups excluding carboxylic acids is 1. The molecule has 0 aromatic carbocycles. The van der Waals surface area contributed by atoms with Gasteiger partial charge in [0.05, 0.1) is 11.7 Å². The van der Waals surface area contributed by atoms with Crippen molar-refractivity contribution in [2.75, 3.05) is 0 Å². The van der Waals surface area contributed by atoms with Gasteiger partial charge in [-0.1, -0.05) is 39.8 Å². The highest BCUT2D eigenvalue weighted by Crippen LogP contribution is 2.70. The summed E-state index contributed by atoms with van der Waals surface area (Å²) in [6, 6.07) is 0. The molecule has 4 aliphatic rings. The van der Waals surface area contributed by atoms with Gasteiger partial charge in [-0.2, -0.15) is 0 Å². The van der Waals surface area contributed by atoms with Crippen LogP contribution in [0.4, 0.5) is 0 Å². The standard InChI is InChI=1S/C29H48O3/c1-18(8-13-25(31)27(4,5)32)19-14-16-28(6)20(19)9-10-22-21(28)11-12-23-26(2,3)24(30)15-17-29(22,23)7/h19-23,25,31-32H,1,8-17H2,2-7H3/t19-,20+,21-,22+,23+,25+,28+,29-/m1/s1. The van der Waals surface area contributed by atoms with Crippen molar-refractivity contribution >= 4 is 5.78 Å². The van der Waals surface area contributed by atoms with E-state index in [2.05, 4.69) is 34.3 Å². The summed E-state index contributed by atoms with van der Waals surface area (Å²) in [4.78, 5) is 12.8. The molecule has 0 spiro atoms. The maximum absolute atomic E-state index is 12.8. The first-order valence-corrected chi connectivity index (χ1v) is 13.3. The van der Waals surface area contributed by atoms with E-state index in [1.807, 2.05) is 0 Å². The highest BCUT2D eigenvalue weighted by Gasteiger charge is 2.63. The summed E-state index contributed by atoms with van der Waals surface area (Å²) in [6.07, 6.45) is 10.2. The number of carbonyl (C=O) groups is 1. The molecule has 0 amide bonds. The van der Waals surface area contributed by atoms with E-state index in [0.717, 1.165) is 31.1 Å². The fourth-order valence-electron chi connectivity index (χ4n) is 9.37. The average molecular weight is 445 g/mol. The summed E-state index contributed by atoms with van der Waals surface area (Å²) in [5, 5.41) is 20.4. The van der Waals surface area contributed by atoms with Crippen LogP contribution in [0.15, 0.2) is 12.2 Å². The van der Waals surface area contributed by atoms with Crippen LogP contribution in [0.3, 0.4) is 0 Å². The first kappa shape index (κ1) is 24.5. The molecular formula is C29H48O3. The summed E-state index contributed by atoms with van der Waals surface area (Å²) in [7, 11) is 0. The van der Waals surface area contributed by atoms with Crippen LogP contribution in [0.2, 0.25) is 0 Å². The molecule has 4 rings (SSSR count). The lowest BCUT2D eigenvalue weighted by molar-refractivity contribution is -0.168. The molecule has 8 atom stereocenters. The number of Topliss-reactive ketones (excluding diaryl/α,β-unsaturated/α-hetero) is 1. The second-order valence-electron chi connectivity index (χ2n) is 13.7. The number of aliphatic hydroxyl groups excluding tert-OH is 1. The van der Waals surface area contributed by atoms with Crippen LogP contribution in [0.25, 0.3) is 0 Å². The molecule has 0 saturated heterocycles. The van der Waals surface area contributed by atoms with E-state index in [9.17, 15) is 15.0 Å². The van der Waals surface area contributed by atoms with Crippen LogP contribution < -0.4 is 0 Å². The molecule has 0 heterocycles. The van der Waals surface area contributed by atoms with Gasteiger partial charge in [0.25, 0.3) is 0 Å². The lowest BCUT2D eigenvalue weighted by Crippen LogP contribution is -2.59. The van der Waals surface area contributed by atoms with Crippen molar-refractivity contribution in [1.82, 2.24) is 0 Å². The molecule has 182 valence electrons. The fourth-order valence-corrected chi connectivity index (χ4v) is 9.37. The maximum Gasteiger partial charge on any atom is 0.138 e. The zero-order chi connectivity index (χ0) is 23.7. The van der Waals surface area contributed by atoms with Gasteiger partial charge in [-0.3, -0.25) is 4.79 Å². The molecule has 32 heavy (non-hydrogen) atoms. The van der Waals surface area contributed by atoms with Gasteiger partial charge >= 0.3 is 0 Å². The van der Waals surface area contributed by atoms with Crippen molar-refractivity contribution in [1.29, 1.82) is 0 Å². The molecule has 0 aromatic heterocycles. The van der Waals surface area contributed by atoms with Crippen molar-refractivity contribution in [3.05, 3.63) is 12.2 Å². The Morgan fingerprint density at radius 1 is 1.00 bits per heavy atom. The number of allylic oxidation sites excluding steroid dienone is 1. The molecule has 0 unspecified atom stereocenters. The first-order valence-electron chi connectivity index (χ1n) is 13.3. The van der Waals surface area contributed by atoms with Crippen molar-refractivity contribution in [2.24, 2.45) is 45.8 Å². The quantitative estimate of drug-likeness (QED) is 0.488. The third-order valence-electron chi connectivity index (χ3n) is 11.4. The zero-order valence-electron chi connectivity index (χ0n) is 21.5. The van der Waals surface area contributed by atoms with E-state index >= 15 is 0 Å². The molecule has 0 aliphatic heterocycles. The SMILES string of the molecule is C=C(CC[C@H](O)C(C)(C)O)[C@H]1CC[C@]2(C)[C@@H]3CC[C@H]4C(C)(C)C(=O)CC[C@]4(C)[C@H]3CC[C@@H]12. The van der Waals surface area contributed by atoms with Gasteiger partial charge in [-0.15, -0.1) is 0 Å². The smallest absolute Gasteiger partial charge is 0.138 e. The topological polar surface area (TPSA) is 57.5 Å².